The molecule has 2 aromatic rings. The third kappa shape index (κ3) is 1.53. The van der Waals surface area contributed by atoms with Crippen molar-refractivity contribution in [2.24, 2.45) is 5.73 Å². The molecular formula is C12H15NO. The number of furan rings is 1. The van der Waals surface area contributed by atoms with Crippen molar-refractivity contribution in [3.8, 4) is 0 Å². The number of fused-ring (bicyclic) bond motifs is 1. The van der Waals surface area contributed by atoms with Gasteiger partial charge in [0.25, 0.3) is 0 Å². The Morgan fingerprint density at radius 1 is 1.29 bits per heavy atom. The fourth-order valence-corrected chi connectivity index (χ4v) is 1.51. The van der Waals surface area contributed by atoms with E-state index in [0.717, 1.165) is 22.3 Å². The second-order valence-corrected chi connectivity index (χ2v) is 3.88. The minimum Gasteiger partial charge on any atom is -0.461 e. The van der Waals surface area contributed by atoms with Gasteiger partial charge in [-0.2, -0.15) is 0 Å². The molecule has 2 N–H and O–H groups in total. The molecule has 0 aliphatic heterocycles. The molecule has 1 aromatic carbocycles. The lowest BCUT2D eigenvalue weighted by molar-refractivity contribution is 0.521. The minimum atomic E-state index is 0.434. The molecule has 2 nitrogen and oxygen atoms in total. The van der Waals surface area contributed by atoms with Crippen LogP contribution in [0, 0.1) is 0 Å². The van der Waals surface area contributed by atoms with E-state index in [2.05, 4.69) is 26.0 Å². The van der Waals surface area contributed by atoms with E-state index in [1.165, 1.54) is 0 Å². The summed E-state index contributed by atoms with van der Waals surface area (Å²) in [7, 11) is 0. The summed E-state index contributed by atoms with van der Waals surface area (Å²) in [5.74, 6) is 1.47. The molecule has 0 radical (unpaired) electrons. The molecule has 0 spiro atoms. The van der Waals surface area contributed by atoms with Crippen LogP contribution in [0.15, 0.2) is 28.7 Å². The Hall–Kier alpha value is -1.28. The molecular weight excluding hydrogens is 174 g/mol. The van der Waals surface area contributed by atoms with Crippen molar-refractivity contribution in [3.05, 3.63) is 35.6 Å². The molecule has 0 saturated heterocycles. The summed E-state index contributed by atoms with van der Waals surface area (Å²) >= 11 is 0. The van der Waals surface area contributed by atoms with Crippen molar-refractivity contribution in [2.45, 2.75) is 26.3 Å². The summed E-state index contributed by atoms with van der Waals surface area (Å²) in [4.78, 5) is 0. The molecule has 1 aromatic heterocycles. The van der Waals surface area contributed by atoms with Gasteiger partial charge in [0.05, 0.1) is 0 Å². The van der Waals surface area contributed by atoms with Crippen molar-refractivity contribution in [1.82, 2.24) is 0 Å². The largest absolute Gasteiger partial charge is 0.461 e. The van der Waals surface area contributed by atoms with Gasteiger partial charge in [-0.25, -0.2) is 0 Å². The van der Waals surface area contributed by atoms with Crippen LogP contribution in [-0.2, 0) is 6.54 Å². The topological polar surface area (TPSA) is 39.2 Å². The van der Waals surface area contributed by atoms with Gasteiger partial charge in [0, 0.05) is 17.8 Å². The number of benzene rings is 1. The second kappa shape index (κ2) is 3.46. The Balaban J connectivity index is 2.54. The molecule has 0 aliphatic carbocycles. The van der Waals surface area contributed by atoms with Crippen molar-refractivity contribution in [1.29, 1.82) is 0 Å². The first-order valence-corrected chi connectivity index (χ1v) is 4.93. The van der Waals surface area contributed by atoms with Crippen LogP contribution in [0.2, 0.25) is 0 Å². The number of nitrogens with two attached hydrogens (primary N) is 1. The van der Waals surface area contributed by atoms with E-state index < -0.39 is 0 Å². The van der Waals surface area contributed by atoms with Gasteiger partial charge in [-0.05, 0) is 17.7 Å². The molecule has 74 valence electrons. The summed E-state index contributed by atoms with van der Waals surface area (Å²) < 4.78 is 5.72. The van der Waals surface area contributed by atoms with Gasteiger partial charge in [0.1, 0.15) is 11.3 Å². The number of rotatable bonds is 2. The van der Waals surface area contributed by atoms with Gasteiger partial charge in [-0.3, -0.25) is 0 Å². The van der Waals surface area contributed by atoms with Gasteiger partial charge in [0.15, 0.2) is 0 Å². The molecule has 0 unspecified atom stereocenters. The Labute approximate surface area is 83.7 Å². The zero-order valence-electron chi connectivity index (χ0n) is 8.58. The van der Waals surface area contributed by atoms with Crippen LogP contribution >= 0.6 is 0 Å². The first kappa shape index (κ1) is 9.28. The quantitative estimate of drug-likeness (QED) is 0.788. The third-order valence-electron chi connectivity index (χ3n) is 2.41. The molecule has 0 aliphatic rings. The summed E-state index contributed by atoms with van der Waals surface area (Å²) in [6, 6.07) is 8.22. The van der Waals surface area contributed by atoms with Gasteiger partial charge < -0.3 is 10.2 Å². The summed E-state index contributed by atoms with van der Waals surface area (Å²) in [5.41, 5.74) is 7.62. The average Bonchev–Trinajstić information content (AvgIpc) is 2.59. The summed E-state index contributed by atoms with van der Waals surface area (Å²) in [6.45, 7) is 4.82. The first-order valence-electron chi connectivity index (χ1n) is 4.93. The SMILES string of the molecule is CC(C)c1cc2ccc(CN)cc2o1. The highest BCUT2D eigenvalue weighted by molar-refractivity contribution is 5.78. The highest BCUT2D eigenvalue weighted by Crippen LogP contribution is 2.25. The van der Waals surface area contributed by atoms with Crippen molar-refractivity contribution >= 4 is 11.0 Å². The Kier molecular flexibility index (Phi) is 2.30. The standard InChI is InChI=1S/C12H15NO/c1-8(2)11-6-10-4-3-9(7-13)5-12(10)14-11/h3-6,8H,7,13H2,1-2H3. The van der Waals surface area contributed by atoms with E-state index in [1.807, 2.05) is 12.1 Å². The third-order valence-corrected chi connectivity index (χ3v) is 2.41. The van der Waals surface area contributed by atoms with E-state index in [9.17, 15) is 0 Å². The number of hydrogen-bond donors (Lipinski definition) is 1. The molecule has 14 heavy (non-hydrogen) atoms. The molecule has 0 saturated carbocycles. The van der Waals surface area contributed by atoms with E-state index in [0.29, 0.717) is 12.5 Å². The van der Waals surface area contributed by atoms with E-state index in [-0.39, 0.29) is 0 Å². The van der Waals surface area contributed by atoms with Gasteiger partial charge in [-0.15, -0.1) is 0 Å². The van der Waals surface area contributed by atoms with E-state index in [1.54, 1.807) is 0 Å². The van der Waals surface area contributed by atoms with Gasteiger partial charge >= 0.3 is 0 Å². The average molecular weight is 189 g/mol. The molecule has 0 amide bonds. The minimum absolute atomic E-state index is 0.434. The van der Waals surface area contributed by atoms with Gasteiger partial charge in [-0.1, -0.05) is 26.0 Å². The summed E-state index contributed by atoms with van der Waals surface area (Å²) in [5, 5.41) is 1.16. The van der Waals surface area contributed by atoms with Gasteiger partial charge in [0.2, 0.25) is 0 Å². The zero-order chi connectivity index (χ0) is 10.1. The van der Waals surface area contributed by atoms with Crippen molar-refractivity contribution in [2.75, 3.05) is 0 Å². The predicted octanol–water partition coefficient (Wildman–Crippen LogP) is 3.01. The van der Waals surface area contributed by atoms with Crippen LogP contribution in [0.5, 0.6) is 0 Å². The fourth-order valence-electron chi connectivity index (χ4n) is 1.51. The maximum atomic E-state index is 5.72. The lowest BCUT2D eigenvalue weighted by atomic mass is 10.1. The van der Waals surface area contributed by atoms with E-state index >= 15 is 0 Å². The van der Waals surface area contributed by atoms with Crippen LogP contribution < -0.4 is 5.73 Å². The Morgan fingerprint density at radius 3 is 2.71 bits per heavy atom. The zero-order valence-corrected chi connectivity index (χ0v) is 8.58. The molecule has 0 atom stereocenters. The van der Waals surface area contributed by atoms with Crippen molar-refractivity contribution < 1.29 is 4.42 Å². The highest BCUT2D eigenvalue weighted by Gasteiger charge is 2.06. The highest BCUT2D eigenvalue weighted by atomic mass is 16.3. The fraction of sp³-hybridized carbons (Fsp3) is 0.333. The van der Waals surface area contributed by atoms with Crippen LogP contribution in [0.1, 0.15) is 31.1 Å². The maximum absolute atomic E-state index is 5.72. The monoisotopic (exact) mass is 189 g/mol. The molecule has 2 heteroatoms. The molecule has 2 rings (SSSR count). The maximum Gasteiger partial charge on any atom is 0.134 e. The van der Waals surface area contributed by atoms with Crippen LogP contribution in [0.3, 0.4) is 0 Å². The first-order chi connectivity index (χ1) is 6.70. The van der Waals surface area contributed by atoms with E-state index in [4.69, 9.17) is 10.2 Å². The molecule has 0 bridgehead atoms. The van der Waals surface area contributed by atoms with Crippen LogP contribution in [0.25, 0.3) is 11.0 Å². The van der Waals surface area contributed by atoms with Crippen LogP contribution in [-0.4, -0.2) is 0 Å². The normalized spacial score (nSPS) is 11.4. The molecule has 0 fully saturated rings. The second-order valence-electron chi connectivity index (χ2n) is 3.88. The van der Waals surface area contributed by atoms with Crippen LogP contribution in [0.4, 0.5) is 0 Å². The lowest BCUT2D eigenvalue weighted by Crippen LogP contribution is -1.94. The molecule has 1 heterocycles. The summed E-state index contributed by atoms with van der Waals surface area (Å²) in [6.07, 6.45) is 0. The lowest BCUT2D eigenvalue weighted by Gasteiger charge is -1.96. The number of hydrogen-bond acceptors (Lipinski definition) is 2. The van der Waals surface area contributed by atoms with Crippen molar-refractivity contribution in [3.63, 3.8) is 0 Å². The predicted molar refractivity (Wildman–Crippen MR) is 58.2 cm³/mol. The Bertz CT molecular complexity index is 443. The smallest absolute Gasteiger partial charge is 0.134 e. The Morgan fingerprint density at radius 2 is 2.07 bits per heavy atom.